The predicted octanol–water partition coefficient (Wildman–Crippen LogP) is 3.04. The van der Waals surface area contributed by atoms with Crippen LogP contribution >= 0.6 is 11.3 Å². The molecule has 0 bridgehead atoms. The Bertz CT molecular complexity index is 962. The molecule has 2 amide bonds. The van der Waals surface area contributed by atoms with E-state index in [1.165, 1.54) is 27.3 Å². The minimum atomic E-state index is -0.438. The molecule has 1 aliphatic carbocycles. The molecule has 0 spiro atoms. The van der Waals surface area contributed by atoms with Crippen LogP contribution < -0.4 is 11.1 Å². The monoisotopic (exact) mass is 440 g/mol. The van der Waals surface area contributed by atoms with E-state index in [0.29, 0.717) is 23.0 Å². The van der Waals surface area contributed by atoms with E-state index in [1.807, 2.05) is 0 Å². The maximum absolute atomic E-state index is 12.7. The van der Waals surface area contributed by atoms with Crippen molar-refractivity contribution in [3.05, 3.63) is 51.4 Å². The Morgan fingerprint density at radius 2 is 1.87 bits per heavy atom. The summed E-state index contributed by atoms with van der Waals surface area (Å²) in [5, 5.41) is 3.63. The standard InChI is InChI=1S/C24H32N4O2S/c1-16-7-8-19-20(13-16)31-24(22(19)23(25)30)26-21(29)15-28-11-9-27(10-12-28)14-18-6-4-3-5-17(18)2/h3-6,16H,7-15H2,1-2H3,(H2,25,30)(H,26,29)/t16-/m0/s1. The van der Waals surface area contributed by atoms with Crippen molar-refractivity contribution in [1.29, 1.82) is 0 Å². The predicted molar refractivity (Wildman–Crippen MR) is 126 cm³/mol. The quantitative estimate of drug-likeness (QED) is 0.724. The molecule has 0 unspecified atom stereocenters. The van der Waals surface area contributed by atoms with Crippen molar-refractivity contribution >= 4 is 28.2 Å². The number of piperazine rings is 1. The van der Waals surface area contributed by atoms with Gasteiger partial charge in [0, 0.05) is 37.6 Å². The Kier molecular flexibility index (Phi) is 6.74. The molecule has 31 heavy (non-hydrogen) atoms. The summed E-state index contributed by atoms with van der Waals surface area (Å²) in [4.78, 5) is 30.6. The van der Waals surface area contributed by atoms with E-state index in [4.69, 9.17) is 5.73 Å². The molecule has 3 N–H and O–H groups in total. The smallest absolute Gasteiger partial charge is 0.251 e. The summed E-state index contributed by atoms with van der Waals surface area (Å²) in [6.45, 7) is 9.28. The van der Waals surface area contributed by atoms with Gasteiger partial charge in [-0.3, -0.25) is 19.4 Å². The van der Waals surface area contributed by atoms with E-state index >= 15 is 0 Å². The van der Waals surface area contributed by atoms with Crippen LogP contribution in [-0.2, 0) is 24.2 Å². The van der Waals surface area contributed by atoms with Gasteiger partial charge in [0.05, 0.1) is 12.1 Å². The van der Waals surface area contributed by atoms with Crippen molar-refractivity contribution in [2.45, 2.75) is 39.7 Å². The van der Waals surface area contributed by atoms with Crippen LogP contribution in [0.3, 0.4) is 0 Å². The molecule has 1 aliphatic heterocycles. The average molecular weight is 441 g/mol. The maximum Gasteiger partial charge on any atom is 0.251 e. The van der Waals surface area contributed by atoms with Crippen LogP contribution in [0.25, 0.3) is 0 Å². The molecule has 1 atom stereocenters. The third-order valence-electron chi connectivity index (χ3n) is 6.50. The Morgan fingerprint density at radius 3 is 2.58 bits per heavy atom. The molecule has 1 aromatic carbocycles. The first-order chi connectivity index (χ1) is 14.9. The van der Waals surface area contributed by atoms with Crippen LogP contribution in [-0.4, -0.2) is 54.3 Å². The second kappa shape index (κ2) is 9.51. The summed E-state index contributed by atoms with van der Waals surface area (Å²) in [5.74, 6) is 0.0973. The Labute approximate surface area is 188 Å². The van der Waals surface area contributed by atoms with Gasteiger partial charge in [-0.2, -0.15) is 0 Å². The molecule has 2 heterocycles. The van der Waals surface area contributed by atoms with E-state index in [2.05, 4.69) is 53.2 Å². The number of nitrogens with one attached hydrogen (secondary N) is 1. The van der Waals surface area contributed by atoms with E-state index in [1.54, 1.807) is 0 Å². The van der Waals surface area contributed by atoms with Gasteiger partial charge in [0.1, 0.15) is 5.00 Å². The van der Waals surface area contributed by atoms with Crippen LogP contribution in [0.4, 0.5) is 5.00 Å². The van der Waals surface area contributed by atoms with Crippen molar-refractivity contribution in [2.24, 2.45) is 11.7 Å². The number of aryl methyl sites for hydroxylation is 1. The fourth-order valence-corrected chi connectivity index (χ4v) is 6.03. The first kappa shape index (κ1) is 22.0. The summed E-state index contributed by atoms with van der Waals surface area (Å²) in [5.41, 5.74) is 9.94. The zero-order chi connectivity index (χ0) is 22.0. The number of benzene rings is 1. The normalized spacial score (nSPS) is 19.7. The third-order valence-corrected chi connectivity index (χ3v) is 7.67. The van der Waals surface area contributed by atoms with Crippen LogP contribution in [0.1, 0.15) is 45.3 Å². The summed E-state index contributed by atoms with van der Waals surface area (Å²) in [6.07, 6.45) is 2.88. The number of primary amides is 1. The summed E-state index contributed by atoms with van der Waals surface area (Å²) < 4.78 is 0. The van der Waals surface area contributed by atoms with E-state index in [-0.39, 0.29) is 5.91 Å². The second-order valence-corrected chi connectivity index (χ2v) is 10.1. The lowest BCUT2D eigenvalue weighted by Crippen LogP contribution is -2.48. The van der Waals surface area contributed by atoms with Gasteiger partial charge in [0.15, 0.2) is 0 Å². The number of rotatable bonds is 6. The molecule has 1 fully saturated rings. The van der Waals surface area contributed by atoms with Gasteiger partial charge in [-0.25, -0.2) is 0 Å². The molecule has 2 aliphatic rings. The van der Waals surface area contributed by atoms with E-state index in [9.17, 15) is 9.59 Å². The first-order valence-electron chi connectivity index (χ1n) is 11.1. The highest BCUT2D eigenvalue weighted by molar-refractivity contribution is 7.17. The number of anilines is 1. The van der Waals surface area contributed by atoms with Gasteiger partial charge in [-0.1, -0.05) is 31.2 Å². The molecular weight excluding hydrogens is 408 g/mol. The summed E-state index contributed by atoms with van der Waals surface area (Å²) >= 11 is 1.53. The lowest BCUT2D eigenvalue weighted by molar-refractivity contribution is -0.117. The van der Waals surface area contributed by atoms with Gasteiger partial charge in [0.2, 0.25) is 5.91 Å². The van der Waals surface area contributed by atoms with Gasteiger partial charge in [-0.05, 0) is 48.8 Å². The van der Waals surface area contributed by atoms with Crippen LogP contribution in [0.2, 0.25) is 0 Å². The maximum atomic E-state index is 12.7. The minimum Gasteiger partial charge on any atom is -0.365 e. The van der Waals surface area contributed by atoms with E-state index < -0.39 is 5.91 Å². The van der Waals surface area contributed by atoms with Gasteiger partial charge >= 0.3 is 0 Å². The number of hydrogen-bond acceptors (Lipinski definition) is 5. The number of carbonyl (C=O) groups is 2. The van der Waals surface area contributed by atoms with Gasteiger partial charge in [0.25, 0.3) is 5.91 Å². The molecule has 7 heteroatoms. The van der Waals surface area contributed by atoms with Crippen LogP contribution in [0, 0.1) is 12.8 Å². The molecule has 166 valence electrons. The largest absolute Gasteiger partial charge is 0.365 e. The van der Waals surface area contributed by atoms with Crippen molar-refractivity contribution < 1.29 is 9.59 Å². The van der Waals surface area contributed by atoms with Gasteiger partial charge in [-0.15, -0.1) is 11.3 Å². The first-order valence-corrected chi connectivity index (χ1v) is 12.0. The summed E-state index contributed by atoms with van der Waals surface area (Å²) in [7, 11) is 0. The molecule has 2 aromatic rings. The molecule has 6 nitrogen and oxygen atoms in total. The lowest BCUT2D eigenvalue weighted by Gasteiger charge is -2.34. The van der Waals surface area contributed by atoms with E-state index in [0.717, 1.165) is 57.5 Å². The minimum absolute atomic E-state index is 0.0681. The van der Waals surface area contributed by atoms with Crippen LogP contribution in [0.5, 0.6) is 0 Å². The number of nitrogens with zero attached hydrogens (tertiary/aromatic N) is 2. The SMILES string of the molecule is Cc1ccccc1CN1CCN(CC(=O)Nc2sc3c(c2C(N)=O)CC[C@H](C)C3)CC1. The molecule has 1 saturated heterocycles. The number of nitrogens with two attached hydrogens (primary N) is 1. The Hall–Kier alpha value is -2.22. The number of thiophene rings is 1. The van der Waals surface area contributed by atoms with Crippen LogP contribution in [0.15, 0.2) is 24.3 Å². The fraction of sp³-hybridized carbons (Fsp3) is 0.500. The average Bonchev–Trinajstić information content (AvgIpc) is 3.08. The fourth-order valence-electron chi connectivity index (χ4n) is 4.60. The third kappa shape index (κ3) is 5.17. The number of amides is 2. The highest BCUT2D eigenvalue weighted by atomic mass is 32.1. The van der Waals surface area contributed by atoms with Crippen molar-refractivity contribution in [1.82, 2.24) is 9.80 Å². The Balaban J connectivity index is 1.32. The van der Waals surface area contributed by atoms with Crippen molar-refractivity contribution in [3.63, 3.8) is 0 Å². The molecule has 4 rings (SSSR count). The summed E-state index contributed by atoms with van der Waals surface area (Å²) in [6, 6.07) is 8.50. The zero-order valence-electron chi connectivity index (χ0n) is 18.4. The number of hydrogen-bond donors (Lipinski definition) is 2. The molecule has 0 radical (unpaired) electrons. The lowest BCUT2D eigenvalue weighted by atomic mass is 9.88. The molecule has 0 saturated carbocycles. The Morgan fingerprint density at radius 1 is 1.16 bits per heavy atom. The number of carbonyl (C=O) groups excluding carboxylic acids is 2. The molecular formula is C24H32N4O2S. The van der Waals surface area contributed by atoms with Gasteiger partial charge < -0.3 is 11.1 Å². The topological polar surface area (TPSA) is 78.7 Å². The van der Waals surface area contributed by atoms with Crippen molar-refractivity contribution in [3.8, 4) is 0 Å². The molecule has 1 aromatic heterocycles. The van der Waals surface area contributed by atoms with Crippen molar-refractivity contribution in [2.75, 3.05) is 38.0 Å². The highest BCUT2D eigenvalue weighted by Crippen LogP contribution is 2.39. The highest BCUT2D eigenvalue weighted by Gasteiger charge is 2.28. The second-order valence-electron chi connectivity index (χ2n) is 8.95. The zero-order valence-corrected chi connectivity index (χ0v) is 19.3. The number of fused-ring (bicyclic) bond motifs is 1.